The zero-order valence-electron chi connectivity index (χ0n) is 20.8. The van der Waals surface area contributed by atoms with E-state index in [0.717, 1.165) is 44.5 Å². The van der Waals surface area contributed by atoms with Crippen LogP contribution in [0.5, 0.6) is 0 Å². The number of fused-ring (bicyclic) bond motifs is 16. The minimum absolute atomic E-state index is 0.552. The van der Waals surface area contributed by atoms with E-state index in [1.807, 2.05) is 97.1 Å². The van der Waals surface area contributed by atoms with Gasteiger partial charge in [0.2, 0.25) is 0 Å². The molecule has 9 rings (SSSR count). The molecule has 0 N–H and O–H groups in total. The molecule has 8 heteroatoms. The van der Waals surface area contributed by atoms with Crippen LogP contribution in [0.3, 0.4) is 0 Å². The van der Waals surface area contributed by atoms with Crippen LogP contribution >= 0.6 is 0 Å². The summed E-state index contributed by atoms with van der Waals surface area (Å²) in [7, 11) is 0. The summed E-state index contributed by atoms with van der Waals surface area (Å²) in [6.45, 7) is 0. The third-order valence-corrected chi connectivity index (χ3v) is 7.33. The molecule has 0 spiro atoms. The van der Waals surface area contributed by atoms with Gasteiger partial charge in [0, 0.05) is 44.5 Å². The molecule has 0 unspecified atom stereocenters. The monoisotopic (exact) mass is 512 g/mol. The van der Waals surface area contributed by atoms with Crippen molar-refractivity contribution in [3.05, 3.63) is 142 Å². The lowest BCUT2D eigenvalue weighted by atomic mass is 10.1. The summed E-state index contributed by atoms with van der Waals surface area (Å²) in [4.78, 5) is 39.3. The second-order valence-electron chi connectivity index (χ2n) is 9.67. The summed E-state index contributed by atoms with van der Waals surface area (Å²) in [6, 6.07) is 31.8. The average molecular weight is 513 g/mol. The summed E-state index contributed by atoms with van der Waals surface area (Å²) in [6.07, 6.45) is 0. The molecule has 0 fully saturated rings. The lowest BCUT2D eigenvalue weighted by molar-refractivity contribution is 1.49. The molecule has 8 nitrogen and oxygen atoms in total. The fourth-order valence-corrected chi connectivity index (χ4v) is 5.46. The molecule has 0 atom stereocenters. The Morgan fingerprint density at radius 2 is 0.325 bits per heavy atom. The molecule has 8 bridgehead atoms. The van der Waals surface area contributed by atoms with Crippen LogP contribution in [-0.2, 0) is 0 Å². The van der Waals surface area contributed by atoms with E-state index in [-0.39, 0.29) is 0 Å². The van der Waals surface area contributed by atoms with E-state index < -0.39 is 0 Å². The second kappa shape index (κ2) is 7.87. The van der Waals surface area contributed by atoms with Gasteiger partial charge in [-0.15, -0.1) is 0 Å². The molecule has 4 aromatic carbocycles. The Hall–Kier alpha value is -5.76. The van der Waals surface area contributed by atoms with Gasteiger partial charge in [0.15, 0.2) is 46.7 Å². The van der Waals surface area contributed by atoms with Gasteiger partial charge in [0.25, 0.3) is 0 Å². The van der Waals surface area contributed by atoms with Crippen LogP contribution in [0.15, 0.2) is 137 Å². The Morgan fingerprint density at radius 3 is 0.450 bits per heavy atom. The molecular formula is C32H16N8. The topological polar surface area (TPSA) is 98.9 Å². The standard InChI is InChI=1S/C32H16N8/c1-2-10-18-17(9-1)25-33-26(18)38-28-21-13-5-6-14-22(21)30(35-28)40-32-24-16-8-7-15-23(24)31(36-32)39-29-20-12-4-3-11-19(20)27(34-29)37-25/h1-16H/b37-25-,37-27?,38-26?,38-28-,39-29-,39-31?,40-30?,40-32-. The summed E-state index contributed by atoms with van der Waals surface area (Å²) < 4.78 is 0. The Balaban J connectivity index is 1.36. The Labute approximate surface area is 228 Å². The van der Waals surface area contributed by atoms with Gasteiger partial charge in [0.05, 0.1) is 0 Å². The Bertz CT molecular complexity index is 1780. The van der Waals surface area contributed by atoms with E-state index in [1.165, 1.54) is 0 Å². The van der Waals surface area contributed by atoms with Gasteiger partial charge in [0.1, 0.15) is 0 Å². The van der Waals surface area contributed by atoms with Gasteiger partial charge in [-0.2, -0.15) is 0 Å². The molecule has 0 amide bonds. The maximum atomic E-state index is 4.95. The van der Waals surface area contributed by atoms with Crippen molar-refractivity contribution in [1.82, 2.24) is 0 Å². The molecule has 0 radical (unpaired) electrons. The van der Waals surface area contributed by atoms with Crippen LogP contribution in [0.1, 0.15) is 44.5 Å². The van der Waals surface area contributed by atoms with Crippen molar-refractivity contribution < 1.29 is 0 Å². The molecule has 0 saturated carbocycles. The summed E-state index contributed by atoms with van der Waals surface area (Å²) >= 11 is 0. The molecule has 5 heterocycles. The quantitative estimate of drug-likeness (QED) is 0.323. The second-order valence-corrected chi connectivity index (χ2v) is 9.67. The number of nitrogens with zero attached hydrogens (tertiary/aromatic N) is 8. The highest BCUT2D eigenvalue weighted by molar-refractivity contribution is 6.35. The SMILES string of the molecule is c1ccc2c(c1)C1=NC/2=N\C2=NC(=N\C3=NC(=N\C4=NC(=N\1)/c1ccccc14)/c1ccccc13)/c1ccccc12. The van der Waals surface area contributed by atoms with E-state index >= 15 is 0 Å². The minimum atomic E-state index is 0.552. The summed E-state index contributed by atoms with van der Waals surface area (Å²) in [5.74, 6) is 4.42. The largest absolute Gasteiger partial charge is 0.208 e. The summed E-state index contributed by atoms with van der Waals surface area (Å²) in [5, 5.41) is 0. The molecular weight excluding hydrogens is 496 g/mol. The predicted octanol–water partition coefficient (Wildman–Crippen LogP) is 4.83. The third-order valence-electron chi connectivity index (χ3n) is 7.33. The zero-order chi connectivity index (χ0) is 26.2. The highest BCUT2D eigenvalue weighted by Gasteiger charge is 2.30. The highest BCUT2D eigenvalue weighted by atomic mass is 15.1. The molecule has 184 valence electrons. The van der Waals surface area contributed by atoms with E-state index in [1.54, 1.807) is 0 Å². The normalized spacial score (nSPS) is 22.4. The third kappa shape index (κ3) is 3.01. The molecule has 0 saturated heterocycles. The lowest BCUT2D eigenvalue weighted by Crippen LogP contribution is -2.02. The maximum Gasteiger partial charge on any atom is 0.164 e. The van der Waals surface area contributed by atoms with Crippen molar-refractivity contribution in [2.75, 3.05) is 0 Å². The van der Waals surface area contributed by atoms with Crippen molar-refractivity contribution in [1.29, 1.82) is 0 Å². The molecule has 4 aromatic rings. The first-order valence-corrected chi connectivity index (χ1v) is 12.9. The van der Waals surface area contributed by atoms with Crippen molar-refractivity contribution in [3.63, 3.8) is 0 Å². The first kappa shape index (κ1) is 21.2. The molecule has 40 heavy (non-hydrogen) atoms. The van der Waals surface area contributed by atoms with Gasteiger partial charge in [-0.3, -0.25) is 0 Å². The van der Waals surface area contributed by atoms with Gasteiger partial charge in [-0.05, 0) is 0 Å². The number of benzene rings is 4. The first-order chi connectivity index (χ1) is 19.8. The van der Waals surface area contributed by atoms with Gasteiger partial charge < -0.3 is 0 Å². The van der Waals surface area contributed by atoms with E-state index in [0.29, 0.717) is 46.7 Å². The summed E-state index contributed by atoms with van der Waals surface area (Å²) in [5.41, 5.74) is 7.15. The maximum absolute atomic E-state index is 4.95. The van der Waals surface area contributed by atoms with Gasteiger partial charge in [-0.25, -0.2) is 39.9 Å². The van der Waals surface area contributed by atoms with Crippen molar-refractivity contribution in [2.24, 2.45) is 39.9 Å². The Kier molecular flexibility index (Phi) is 4.17. The predicted molar refractivity (Wildman–Crippen MR) is 158 cm³/mol. The molecule has 5 aliphatic rings. The van der Waals surface area contributed by atoms with Crippen LogP contribution in [0.25, 0.3) is 0 Å². The number of aliphatic imine (C=N–C) groups is 8. The fraction of sp³-hybridized carbons (Fsp3) is 0. The number of rotatable bonds is 0. The zero-order valence-corrected chi connectivity index (χ0v) is 20.8. The van der Waals surface area contributed by atoms with Crippen molar-refractivity contribution >= 4 is 46.7 Å². The lowest BCUT2D eigenvalue weighted by Gasteiger charge is -2.01. The van der Waals surface area contributed by atoms with E-state index in [4.69, 9.17) is 39.9 Å². The van der Waals surface area contributed by atoms with Gasteiger partial charge in [-0.1, -0.05) is 97.1 Å². The van der Waals surface area contributed by atoms with Crippen LogP contribution < -0.4 is 0 Å². The number of hydrogen-bond donors (Lipinski definition) is 0. The van der Waals surface area contributed by atoms with Crippen LogP contribution in [-0.4, -0.2) is 46.7 Å². The highest BCUT2D eigenvalue weighted by Crippen LogP contribution is 2.29. The Morgan fingerprint density at radius 1 is 0.200 bits per heavy atom. The molecule has 0 aliphatic carbocycles. The number of hydrogen-bond acceptors (Lipinski definition) is 8. The van der Waals surface area contributed by atoms with Crippen LogP contribution in [0, 0.1) is 0 Å². The van der Waals surface area contributed by atoms with E-state index in [2.05, 4.69) is 0 Å². The number of amidine groups is 8. The smallest absolute Gasteiger partial charge is 0.164 e. The van der Waals surface area contributed by atoms with Crippen molar-refractivity contribution in [3.8, 4) is 0 Å². The first-order valence-electron chi connectivity index (χ1n) is 12.9. The fourth-order valence-electron chi connectivity index (χ4n) is 5.46. The van der Waals surface area contributed by atoms with Gasteiger partial charge >= 0.3 is 0 Å². The average Bonchev–Trinajstić information content (AvgIpc) is 3.73. The molecule has 0 aromatic heterocycles. The van der Waals surface area contributed by atoms with Crippen LogP contribution in [0.4, 0.5) is 0 Å². The minimum Gasteiger partial charge on any atom is -0.208 e. The van der Waals surface area contributed by atoms with E-state index in [9.17, 15) is 0 Å². The van der Waals surface area contributed by atoms with Crippen molar-refractivity contribution in [2.45, 2.75) is 0 Å². The van der Waals surface area contributed by atoms with Crippen LogP contribution in [0.2, 0.25) is 0 Å². The molecule has 5 aliphatic heterocycles.